The molecule has 0 saturated heterocycles. The van der Waals surface area contributed by atoms with Gasteiger partial charge in [0.2, 0.25) is 0 Å². The molecule has 0 aromatic heterocycles. The summed E-state index contributed by atoms with van der Waals surface area (Å²) in [5.41, 5.74) is 1.94. The molecule has 2 aromatic rings. The Bertz CT molecular complexity index is 683. The first-order chi connectivity index (χ1) is 10.5. The summed E-state index contributed by atoms with van der Waals surface area (Å²) in [7, 11) is 0. The molecule has 2 N–H and O–H groups in total. The van der Waals surface area contributed by atoms with E-state index in [4.69, 9.17) is 5.11 Å². The van der Waals surface area contributed by atoms with Gasteiger partial charge >= 0.3 is 5.97 Å². The van der Waals surface area contributed by atoms with Crippen LogP contribution >= 0.6 is 0 Å². The molecule has 0 radical (unpaired) electrons. The Labute approximate surface area is 127 Å². The molecule has 4 nitrogen and oxygen atoms in total. The molecular weight excluding hydrogens is 285 g/mol. The van der Waals surface area contributed by atoms with E-state index >= 15 is 0 Å². The quantitative estimate of drug-likeness (QED) is 0.892. The molecule has 0 aliphatic rings. The zero-order valence-corrected chi connectivity index (χ0v) is 12.0. The molecule has 114 valence electrons. The first kappa shape index (κ1) is 15.7. The van der Waals surface area contributed by atoms with Gasteiger partial charge in [-0.1, -0.05) is 29.8 Å². The number of nitrogens with one attached hydrogen (secondary N) is 1. The standard InChI is InChI=1S/C17H16FNO3/c1-11-3-2-4-13(9-11)17(22)19-15(10-16(20)21)12-5-7-14(18)8-6-12/h2-9,15H,10H2,1H3,(H,19,22)(H,20,21). The van der Waals surface area contributed by atoms with Crippen molar-refractivity contribution in [3.63, 3.8) is 0 Å². The van der Waals surface area contributed by atoms with E-state index in [2.05, 4.69) is 5.32 Å². The van der Waals surface area contributed by atoms with Crippen LogP contribution in [0.25, 0.3) is 0 Å². The minimum Gasteiger partial charge on any atom is -0.481 e. The van der Waals surface area contributed by atoms with E-state index in [-0.39, 0.29) is 12.3 Å². The van der Waals surface area contributed by atoms with Gasteiger partial charge in [-0.05, 0) is 36.8 Å². The van der Waals surface area contributed by atoms with Crippen LogP contribution < -0.4 is 5.32 Å². The average molecular weight is 301 g/mol. The zero-order chi connectivity index (χ0) is 16.1. The Kier molecular flexibility index (Phi) is 4.88. The molecule has 0 aliphatic carbocycles. The number of halogens is 1. The molecule has 5 heteroatoms. The second kappa shape index (κ2) is 6.85. The summed E-state index contributed by atoms with van der Waals surface area (Å²) < 4.78 is 13.0. The summed E-state index contributed by atoms with van der Waals surface area (Å²) in [5.74, 6) is -1.82. The SMILES string of the molecule is Cc1cccc(C(=O)NC(CC(=O)O)c2ccc(F)cc2)c1. The van der Waals surface area contributed by atoms with E-state index < -0.39 is 17.8 Å². The molecule has 0 spiro atoms. The van der Waals surface area contributed by atoms with E-state index in [0.29, 0.717) is 11.1 Å². The average Bonchev–Trinajstić information content (AvgIpc) is 2.47. The van der Waals surface area contributed by atoms with Crippen LogP contribution in [-0.4, -0.2) is 17.0 Å². The third-order valence-electron chi connectivity index (χ3n) is 3.24. The summed E-state index contributed by atoms with van der Waals surface area (Å²) in [6, 6.07) is 11.7. The number of carbonyl (C=O) groups excluding carboxylic acids is 1. The van der Waals surface area contributed by atoms with Gasteiger partial charge in [0.25, 0.3) is 5.91 Å². The van der Waals surface area contributed by atoms with Gasteiger partial charge in [-0.15, -0.1) is 0 Å². The maximum Gasteiger partial charge on any atom is 0.305 e. The number of rotatable bonds is 5. The molecule has 0 heterocycles. The number of amides is 1. The van der Waals surface area contributed by atoms with Crippen molar-refractivity contribution in [3.05, 3.63) is 71.0 Å². The number of carboxylic acid groups (broad SMARTS) is 1. The lowest BCUT2D eigenvalue weighted by Gasteiger charge is -2.17. The Morgan fingerprint density at radius 2 is 1.86 bits per heavy atom. The Hall–Kier alpha value is -2.69. The fraction of sp³-hybridized carbons (Fsp3) is 0.176. The molecular formula is C17H16FNO3. The molecule has 1 amide bonds. The number of aliphatic carboxylic acids is 1. The molecule has 0 saturated carbocycles. The zero-order valence-electron chi connectivity index (χ0n) is 12.0. The first-order valence-electron chi connectivity index (χ1n) is 6.80. The third kappa shape index (κ3) is 4.15. The lowest BCUT2D eigenvalue weighted by molar-refractivity contribution is -0.137. The highest BCUT2D eigenvalue weighted by atomic mass is 19.1. The smallest absolute Gasteiger partial charge is 0.305 e. The van der Waals surface area contributed by atoms with Crippen LogP contribution in [0.1, 0.15) is 33.9 Å². The van der Waals surface area contributed by atoms with Gasteiger partial charge in [0, 0.05) is 5.56 Å². The molecule has 1 unspecified atom stereocenters. The van der Waals surface area contributed by atoms with Crippen LogP contribution in [-0.2, 0) is 4.79 Å². The predicted octanol–water partition coefficient (Wildman–Crippen LogP) is 3.08. The lowest BCUT2D eigenvalue weighted by Crippen LogP contribution is -2.30. The normalized spacial score (nSPS) is 11.7. The first-order valence-corrected chi connectivity index (χ1v) is 6.80. The Morgan fingerprint density at radius 3 is 2.45 bits per heavy atom. The summed E-state index contributed by atoms with van der Waals surface area (Å²) in [6.45, 7) is 1.87. The summed E-state index contributed by atoms with van der Waals surface area (Å²) in [4.78, 5) is 23.2. The van der Waals surface area contributed by atoms with Crippen molar-refractivity contribution >= 4 is 11.9 Å². The maximum absolute atomic E-state index is 13.0. The number of hydrogen-bond donors (Lipinski definition) is 2. The number of aryl methyl sites for hydroxylation is 1. The Morgan fingerprint density at radius 1 is 1.18 bits per heavy atom. The highest BCUT2D eigenvalue weighted by Crippen LogP contribution is 2.18. The van der Waals surface area contributed by atoms with E-state index in [9.17, 15) is 14.0 Å². The second-order valence-corrected chi connectivity index (χ2v) is 5.04. The molecule has 1 atom stereocenters. The third-order valence-corrected chi connectivity index (χ3v) is 3.24. The highest BCUT2D eigenvalue weighted by Gasteiger charge is 2.19. The van der Waals surface area contributed by atoms with Gasteiger partial charge in [0.15, 0.2) is 0 Å². The predicted molar refractivity (Wildman–Crippen MR) is 80.0 cm³/mol. The van der Waals surface area contributed by atoms with Gasteiger partial charge in [-0.3, -0.25) is 9.59 Å². The molecule has 22 heavy (non-hydrogen) atoms. The van der Waals surface area contributed by atoms with E-state index in [1.807, 2.05) is 13.0 Å². The molecule has 0 aliphatic heterocycles. The fourth-order valence-electron chi connectivity index (χ4n) is 2.15. The summed E-state index contributed by atoms with van der Waals surface area (Å²) >= 11 is 0. The molecule has 2 aromatic carbocycles. The maximum atomic E-state index is 13.0. The van der Waals surface area contributed by atoms with Crippen molar-refractivity contribution in [1.82, 2.24) is 5.32 Å². The van der Waals surface area contributed by atoms with E-state index in [1.54, 1.807) is 18.2 Å². The van der Waals surface area contributed by atoms with Gasteiger partial charge in [0.1, 0.15) is 5.82 Å². The van der Waals surface area contributed by atoms with Crippen LogP contribution in [0, 0.1) is 12.7 Å². The summed E-state index contributed by atoms with van der Waals surface area (Å²) in [5, 5.41) is 11.7. The van der Waals surface area contributed by atoms with Crippen molar-refractivity contribution in [1.29, 1.82) is 0 Å². The minimum atomic E-state index is -1.04. The van der Waals surface area contributed by atoms with Crippen LogP contribution in [0.3, 0.4) is 0 Å². The monoisotopic (exact) mass is 301 g/mol. The number of carboxylic acids is 1. The molecule has 0 fully saturated rings. The van der Waals surface area contributed by atoms with E-state index in [1.165, 1.54) is 24.3 Å². The largest absolute Gasteiger partial charge is 0.481 e. The van der Waals surface area contributed by atoms with Crippen LogP contribution in [0.15, 0.2) is 48.5 Å². The number of hydrogen-bond acceptors (Lipinski definition) is 2. The second-order valence-electron chi connectivity index (χ2n) is 5.04. The molecule has 0 bridgehead atoms. The van der Waals surface area contributed by atoms with Crippen LogP contribution in [0.2, 0.25) is 0 Å². The number of carbonyl (C=O) groups is 2. The van der Waals surface area contributed by atoms with Crippen molar-refractivity contribution in [2.75, 3.05) is 0 Å². The molecule has 2 rings (SSSR count). The van der Waals surface area contributed by atoms with E-state index in [0.717, 1.165) is 5.56 Å². The van der Waals surface area contributed by atoms with Crippen LogP contribution in [0.5, 0.6) is 0 Å². The topological polar surface area (TPSA) is 66.4 Å². The lowest BCUT2D eigenvalue weighted by atomic mass is 10.0. The van der Waals surface area contributed by atoms with Crippen LogP contribution in [0.4, 0.5) is 4.39 Å². The van der Waals surface area contributed by atoms with Gasteiger partial charge in [-0.2, -0.15) is 0 Å². The van der Waals surface area contributed by atoms with Gasteiger partial charge < -0.3 is 10.4 Å². The number of benzene rings is 2. The highest BCUT2D eigenvalue weighted by molar-refractivity contribution is 5.94. The van der Waals surface area contributed by atoms with Crippen molar-refractivity contribution in [2.45, 2.75) is 19.4 Å². The van der Waals surface area contributed by atoms with Gasteiger partial charge in [-0.25, -0.2) is 4.39 Å². The Balaban J connectivity index is 2.21. The van der Waals surface area contributed by atoms with Crippen molar-refractivity contribution in [2.24, 2.45) is 0 Å². The fourth-order valence-corrected chi connectivity index (χ4v) is 2.15. The van der Waals surface area contributed by atoms with Crippen molar-refractivity contribution in [3.8, 4) is 0 Å². The van der Waals surface area contributed by atoms with Gasteiger partial charge in [0.05, 0.1) is 12.5 Å². The minimum absolute atomic E-state index is 0.275. The summed E-state index contributed by atoms with van der Waals surface area (Å²) in [6.07, 6.45) is -0.275. The van der Waals surface area contributed by atoms with Crippen molar-refractivity contribution < 1.29 is 19.1 Å².